The fourth-order valence-corrected chi connectivity index (χ4v) is 3.39. The molecule has 21 heavy (non-hydrogen) atoms. The van der Waals surface area contributed by atoms with Gasteiger partial charge in [0.05, 0.1) is 0 Å². The van der Waals surface area contributed by atoms with Crippen molar-refractivity contribution in [2.45, 2.75) is 0 Å². The molecule has 0 bridgehead atoms. The van der Waals surface area contributed by atoms with Gasteiger partial charge in [-0.3, -0.25) is 0 Å². The van der Waals surface area contributed by atoms with E-state index in [0.717, 1.165) is 16.7 Å². The predicted octanol–water partition coefficient (Wildman–Crippen LogP) is 4.31. The summed E-state index contributed by atoms with van der Waals surface area (Å²) < 4.78 is 1.23. The molecule has 3 aromatic rings. The van der Waals surface area contributed by atoms with Gasteiger partial charge in [0, 0.05) is 0 Å². The molecular formula is C19H14OSe. The summed E-state index contributed by atoms with van der Waals surface area (Å²) in [5.74, 6) is 0.0539. The van der Waals surface area contributed by atoms with Gasteiger partial charge in [0.1, 0.15) is 0 Å². The molecule has 0 saturated heterocycles. The summed E-state index contributed by atoms with van der Waals surface area (Å²) in [5, 5.41) is 0. The van der Waals surface area contributed by atoms with Crippen LogP contribution in [0.15, 0.2) is 77.7 Å². The third-order valence-corrected chi connectivity index (χ3v) is 4.98. The van der Waals surface area contributed by atoms with Gasteiger partial charge < -0.3 is 0 Å². The van der Waals surface area contributed by atoms with Crippen LogP contribution in [0.5, 0.6) is 0 Å². The molecule has 0 aliphatic carbocycles. The second-order valence-corrected chi connectivity index (χ2v) is 6.71. The average molecular weight is 337 g/mol. The van der Waals surface area contributed by atoms with Crippen LogP contribution < -0.4 is 0 Å². The number of allylic oxidation sites excluding steroid dienone is 1. The fourth-order valence-electron chi connectivity index (χ4n) is 2.10. The first kappa shape index (κ1) is 13.8. The number of carbonyl (C=O) groups is 1. The van der Waals surface area contributed by atoms with Crippen LogP contribution in [0.25, 0.3) is 17.2 Å². The summed E-state index contributed by atoms with van der Waals surface area (Å²) in [6.07, 6.45) is 3.59. The third kappa shape index (κ3) is 3.49. The molecule has 1 aromatic heterocycles. The van der Waals surface area contributed by atoms with Crippen molar-refractivity contribution in [3.63, 3.8) is 0 Å². The Labute approximate surface area is 130 Å². The Bertz CT molecular complexity index is 738. The van der Waals surface area contributed by atoms with Gasteiger partial charge in [0.15, 0.2) is 0 Å². The number of hydrogen-bond donors (Lipinski definition) is 0. The Morgan fingerprint density at radius 3 is 2.19 bits per heavy atom. The van der Waals surface area contributed by atoms with E-state index in [1.165, 1.54) is 4.44 Å². The zero-order valence-corrected chi connectivity index (χ0v) is 13.1. The quantitative estimate of drug-likeness (QED) is 0.394. The van der Waals surface area contributed by atoms with Gasteiger partial charge in [-0.2, -0.15) is 0 Å². The van der Waals surface area contributed by atoms with Crippen LogP contribution in [0.3, 0.4) is 0 Å². The Hall–Kier alpha value is -2.15. The van der Waals surface area contributed by atoms with Crippen molar-refractivity contribution in [3.8, 4) is 11.1 Å². The monoisotopic (exact) mass is 338 g/mol. The summed E-state index contributed by atoms with van der Waals surface area (Å²) >= 11 is 0.383. The second kappa shape index (κ2) is 6.53. The Balaban J connectivity index is 1.76. The zero-order chi connectivity index (χ0) is 14.5. The molecular weight excluding hydrogens is 323 g/mol. The average Bonchev–Trinajstić information content (AvgIpc) is 3.07. The van der Waals surface area contributed by atoms with E-state index < -0.39 is 0 Å². The van der Waals surface area contributed by atoms with Crippen LogP contribution >= 0.6 is 0 Å². The standard InChI is InChI=1S/C19H14OSe/c20-19(13-12-18-7-4-14-21-18)17-10-8-16(9-11-17)15-5-2-1-3-6-15/h1-14H. The van der Waals surface area contributed by atoms with E-state index >= 15 is 0 Å². The Morgan fingerprint density at radius 2 is 1.52 bits per heavy atom. The van der Waals surface area contributed by atoms with Gasteiger partial charge in [-0.25, -0.2) is 0 Å². The number of rotatable bonds is 4. The first-order valence-corrected chi connectivity index (χ1v) is 8.59. The molecule has 0 aliphatic rings. The van der Waals surface area contributed by atoms with Gasteiger partial charge in [0.2, 0.25) is 0 Å². The third-order valence-electron chi connectivity index (χ3n) is 3.22. The summed E-state index contributed by atoms with van der Waals surface area (Å²) in [7, 11) is 0. The molecule has 0 radical (unpaired) electrons. The molecule has 1 nitrogen and oxygen atoms in total. The Morgan fingerprint density at radius 1 is 0.810 bits per heavy atom. The van der Waals surface area contributed by atoms with E-state index in [0.29, 0.717) is 14.5 Å². The van der Waals surface area contributed by atoms with E-state index in [1.54, 1.807) is 6.08 Å². The number of hydrogen-bond acceptors (Lipinski definition) is 1. The molecule has 0 spiro atoms. The molecule has 0 N–H and O–H groups in total. The molecule has 0 atom stereocenters. The normalized spacial score (nSPS) is 10.9. The van der Waals surface area contributed by atoms with Crippen molar-refractivity contribution in [2.24, 2.45) is 0 Å². The van der Waals surface area contributed by atoms with E-state index in [2.05, 4.69) is 23.1 Å². The molecule has 102 valence electrons. The van der Waals surface area contributed by atoms with Crippen LogP contribution in [0, 0.1) is 0 Å². The van der Waals surface area contributed by atoms with Crippen molar-refractivity contribution >= 4 is 26.4 Å². The topological polar surface area (TPSA) is 17.1 Å². The fraction of sp³-hybridized carbons (Fsp3) is 0. The summed E-state index contributed by atoms with van der Waals surface area (Å²) in [6, 6.07) is 22.0. The first-order valence-electron chi connectivity index (χ1n) is 6.74. The summed E-state index contributed by atoms with van der Waals surface area (Å²) in [5.41, 5.74) is 3.02. The minimum absolute atomic E-state index is 0.0539. The maximum absolute atomic E-state index is 12.1. The van der Waals surface area contributed by atoms with Gasteiger partial charge in [0.25, 0.3) is 0 Å². The van der Waals surface area contributed by atoms with Crippen molar-refractivity contribution < 1.29 is 4.79 Å². The zero-order valence-electron chi connectivity index (χ0n) is 11.4. The maximum atomic E-state index is 12.1. The number of benzene rings is 2. The minimum atomic E-state index is 0.0539. The number of carbonyl (C=O) groups excluding carboxylic acids is 1. The van der Waals surface area contributed by atoms with Crippen molar-refractivity contribution in [1.82, 2.24) is 0 Å². The molecule has 0 amide bonds. The SMILES string of the molecule is O=C(C=Cc1ccc[se]1)c1ccc(-c2ccccc2)cc1. The van der Waals surface area contributed by atoms with Gasteiger partial charge in [-0.15, -0.1) is 0 Å². The second-order valence-electron chi connectivity index (χ2n) is 4.66. The van der Waals surface area contributed by atoms with Gasteiger partial charge in [-0.1, -0.05) is 0 Å². The summed E-state index contributed by atoms with van der Waals surface area (Å²) in [4.78, 5) is 14.3. The molecule has 2 aromatic carbocycles. The summed E-state index contributed by atoms with van der Waals surface area (Å²) in [6.45, 7) is 0. The van der Waals surface area contributed by atoms with Crippen LogP contribution in [0.2, 0.25) is 0 Å². The molecule has 3 rings (SSSR count). The van der Waals surface area contributed by atoms with Crippen LogP contribution in [0.4, 0.5) is 0 Å². The molecule has 0 aliphatic heterocycles. The van der Waals surface area contributed by atoms with Crippen molar-refractivity contribution in [1.29, 1.82) is 0 Å². The van der Waals surface area contributed by atoms with E-state index in [9.17, 15) is 4.79 Å². The van der Waals surface area contributed by atoms with Gasteiger partial charge in [-0.05, 0) is 0 Å². The van der Waals surface area contributed by atoms with Crippen LogP contribution in [0.1, 0.15) is 14.8 Å². The Kier molecular flexibility index (Phi) is 4.30. The van der Waals surface area contributed by atoms with E-state index in [-0.39, 0.29) is 5.78 Å². The van der Waals surface area contributed by atoms with Gasteiger partial charge >= 0.3 is 130 Å². The molecule has 0 unspecified atom stereocenters. The van der Waals surface area contributed by atoms with E-state index in [4.69, 9.17) is 0 Å². The molecule has 0 saturated carbocycles. The predicted molar refractivity (Wildman–Crippen MR) is 88.6 cm³/mol. The molecule has 1 heterocycles. The molecule has 2 heteroatoms. The van der Waals surface area contributed by atoms with Crippen molar-refractivity contribution in [2.75, 3.05) is 0 Å². The first-order chi connectivity index (χ1) is 10.3. The van der Waals surface area contributed by atoms with Crippen LogP contribution in [-0.2, 0) is 0 Å². The van der Waals surface area contributed by atoms with Crippen molar-refractivity contribution in [3.05, 3.63) is 87.7 Å². The number of ketones is 1. The molecule has 0 fully saturated rings. The van der Waals surface area contributed by atoms with E-state index in [1.807, 2.05) is 54.6 Å². The van der Waals surface area contributed by atoms with Crippen LogP contribution in [-0.4, -0.2) is 20.3 Å².